The zero-order chi connectivity index (χ0) is 22.9. The molecule has 0 saturated carbocycles. The molecule has 0 spiro atoms. The third-order valence-corrected chi connectivity index (χ3v) is 6.35. The Labute approximate surface area is 188 Å². The van der Waals surface area contributed by atoms with Gasteiger partial charge in [0.05, 0.1) is 35.7 Å². The molecule has 1 aliphatic rings. The van der Waals surface area contributed by atoms with Gasteiger partial charge in [0.1, 0.15) is 0 Å². The number of aromatic nitrogens is 2. The topological polar surface area (TPSA) is 92.7 Å². The second-order valence-electron chi connectivity index (χ2n) is 9.62. The summed E-state index contributed by atoms with van der Waals surface area (Å²) in [7, 11) is 0. The summed E-state index contributed by atoms with van der Waals surface area (Å²) in [6.07, 6.45) is 6.02. The highest BCUT2D eigenvalue weighted by Crippen LogP contribution is 2.30. The molecule has 1 saturated heterocycles. The number of hydrogen-bond acceptors (Lipinski definition) is 4. The lowest BCUT2D eigenvalue weighted by Crippen LogP contribution is -2.58. The molecule has 168 valence electrons. The maximum Gasteiger partial charge on any atom is 0.256 e. The first-order chi connectivity index (χ1) is 15.3. The van der Waals surface area contributed by atoms with E-state index in [1.54, 1.807) is 12.5 Å². The highest BCUT2D eigenvalue weighted by molar-refractivity contribution is 6.00. The van der Waals surface area contributed by atoms with E-state index in [9.17, 15) is 9.59 Å². The van der Waals surface area contributed by atoms with Crippen molar-refractivity contribution >= 4 is 17.3 Å². The van der Waals surface area contributed by atoms with E-state index in [0.29, 0.717) is 18.7 Å². The van der Waals surface area contributed by atoms with Gasteiger partial charge in [-0.05, 0) is 29.5 Å². The van der Waals surface area contributed by atoms with Crippen LogP contribution in [0.15, 0.2) is 61.2 Å². The van der Waals surface area contributed by atoms with Crippen molar-refractivity contribution in [3.05, 3.63) is 72.3 Å². The van der Waals surface area contributed by atoms with Gasteiger partial charge < -0.3 is 20.4 Å². The summed E-state index contributed by atoms with van der Waals surface area (Å²) in [5.41, 5.74) is 8.42. The number of nitrogens with two attached hydrogens (primary N) is 1. The molecule has 2 amide bonds. The number of pyridine rings is 1. The van der Waals surface area contributed by atoms with Crippen molar-refractivity contribution in [1.29, 1.82) is 0 Å². The highest BCUT2D eigenvalue weighted by Gasteiger charge is 2.36. The standard InChI is InChI=1S/C25H31N5O2/c1-25(2,3)22(26)23(31)28-20-15-29(13-11-18(20)17-8-5-4-6-9-17)24(32)19-10-7-12-30-16-27-14-21(19)30/h4-10,12,14,16,18,20,22H,11,13,15,26H2,1-3H3,(H,28,31)/t18-,20+,22+/m0/s1. The van der Waals surface area contributed by atoms with Crippen LogP contribution in [0.3, 0.4) is 0 Å². The van der Waals surface area contributed by atoms with Crippen LogP contribution in [0.25, 0.3) is 5.52 Å². The van der Waals surface area contributed by atoms with Crippen LogP contribution in [0.2, 0.25) is 0 Å². The maximum atomic E-state index is 13.4. The molecule has 7 heteroatoms. The summed E-state index contributed by atoms with van der Waals surface area (Å²) >= 11 is 0. The number of carbonyl (C=O) groups is 2. The fourth-order valence-corrected chi connectivity index (χ4v) is 4.35. The molecule has 3 N–H and O–H groups in total. The smallest absolute Gasteiger partial charge is 0.256 e. The van der Waals surface area contributed by atoms with Crippen molar-refractivity contribution < 1.29 is 9.59 Å². The molecule has 3 heterocycles. The van der Waals surface area contributed by atoms with Crippen LogP contribution in [0.5, 0.6) is 0 Å². The van der Waals surface area contributed by atoms with E-state index in [4.69, 9.17) is 5.73 Å². The summed E-state index contributed by atoms with van der Waals surface area (Å²) in [5.74, 6) is -0.125. The lowest BCUT2D eigenvalue weighted by atomic mass is 9.83. The number of nitrogens with zero attached hydrogens (tertiary/aromatic N) is 3. The lowest BCUT2D eigenvalue weighted by Gasteiger charge is -2.40. The molecule has 0 unspecified atom stereocenters. The van der Waals surface area contributed by atoms with E-state index in [0.717, 1.165) is 17.5 Å². The fraction of sp³-hybridized carbons (Fsp3) is 0.400. The molecule has 1 aliphatic heterocycles. The normalized spacial score (nSPS) is 20.2. The van der Waals surface area contributed by atoms with Gasteiger partial charge in [0.25, 0.3) is 5.91 Å². The second-order valence-corrected chi connectivity index (χ2v) is 9.62. The zero-order valence-corrected chi connectivity index (χ0v) is 18.9. The van der Waals surface area contributed by atoms with E-state index in [2.05, 4.69) is 22.4 Å². The predicted octanol–water partition coefficient (Wildman–Crippen LogP) is 2.82. The molecule has 2 aromatic heterocycles. The third kappa shape index (κ3) is 4.39. The number of piperidine rings is 1. The number of nitrogens with one attached hydrogen (secondary N) is 1. The molecular formula is C25H31N5O2. The Balaban J connectivity index is 1.59. The molecule has 1 aromatic carbocycles. The summed E-state index contributed by atoms with van der Waals surface area (Å²) in [6, 6.07) is 13.0. The Morgan fingerprint density at radius 1 is 1.16 bits per heavy atom. The lowest BCUT2D eigenvalue weighted by molar-refractivity contribution is -0.125. The quantitative estimate of drug-likeness (QED) is 0.662. The van der Waals surface area contributed by atoms with E-state index < -0.39 is 6.04 Å². The number of fused-ring (bicyclic) bond motifs is 1. The first kappa shape index (κ1) is 22.0. The van der Waals surface area contributed by atoms with Crippen molar-refractivity contribution in [1.82, 2.24) is 19.6 Å². The molecule has 1 fully saturated rings. The first-order valence-corrected chi connectivity index (χ1v) is 11.1. The van der Waals surface area contributed by atoms with Gasteiger partial charge in [0, 0.05) is 25.2 Å². The Kier molecular flexibility index (Phi) is 6.02. The monoisotopic (exact) mass is 433 g/mol. The van der Waals surface area contributed by atoms with E-state index in [-0.39, 0.29) is 29.2 Å². The van der Waals surface area contributed by atoms with E-state index in [1.807, 2.05) is 66.6 Å². The molecule has 0 bridgehead atoms. The van der Waals surface area contributed by atoms with E-state index in [1.165, 1.54) is 0 Å². The Morgan fingerprint density at radius 3 is 2.62 bits per heavy atom. The van der Waals surface area contributed by atoms with Gasteiger partial charge in [-0.15, -0.1) is 0 Å². The van der Waals surface area contributed by atoms with Crippen molar-refractivity contribution in [2.75, 3.05) is 13.1 Å². The minimum atomic E-state index is -0.634. The molecule has 0 aliphatic carbocycles. The van der Waals surface area contributed by atoms with Gasteiger partial charge in [0.2, 0.25) is 5.91 Å². The predicted molar refractivity (Wildman–Crippen MR) is 124 cm³/mol. The van der Waals surface area contributed by atoms with Crippen LogP contribution in [-0.2, 0) is 4.79 Å². The molecular weight excluding hydrogens is 402 g/mol. The summed E-state index contributed by atoms with van der Waals surface area (Å²) < 4.78 is 1.84. The van der Waals surface area contributed by atoms with Crippen LogP contribution in [0.1, 0.15) is 49.0 Å². The van der Waals surface area contributed by atoms with Crippen LogP contribution in [0, 0.1) is 5.41 Å². The van der Waals surface area contributed by atoms with Crippen LogP contribution >= 0.6 is 0 Å². The molecule has 3 atom stereocenters. The molecule has 32 heavy (non-hydrogen) atoms. The first-order valence-electron chi connectivity index (χ1n) is 11.1. The molecule has 4 rings (SSSR count). The molecule has 7 nitrogen and oxygen atoms in total. The van der Waals surface area contributed by atoms with Crippen LogP contribution in [-0.4, -0.2) is 51.3 Å². The van der Waals surface area contributed by atoms with Crippen molar-refractivity contribution in [2.24, 2.45) is 11.1 Å². The number of carbonyl (C=O) groups excluding carboxylic acids is 2. The summed E-state index contributed by atoms with van der Waals surface area (Å²) in [5, 5.41) is 3.17. The van der Waals surface area contributed by atoms with Gasteiger partial charge >= 0.3 is 0 Å². The van der Waals surface area contributed by atoms with Crippen LogP contribution in [0.4, 0.5) is 0 Å². The Morgan fingerprint density at radius 2 is 1.91 bits per heavy atom. The molecule has 3 aromatic rings. The van der Waals surface area contributed by atoms with Crippen molar-refractivity contribution in [3.8, 4) is 0 Å². The van der Waals surface area contributed by atoms with E-state index >= 15 is 0 Å². The number of rotatable bonds is 4. The van der Waals surface area contributed by atoms with Gasteiger partial charge in [-0.1, -0.05) is 51.1 Å². The van der Waals surface area contributed by atoms with Gasteiger partial charge in [-0.3, -0.25) is 9.59 Å². The fourth-order valence-electron chi connectivity index (χ4n) is 4.35. The SMILES string of the molecule is CC(C)(C)[C@H](N)C(=O)N[C@@H]1CN(C(=O)c2cccn3cncc23)CC[C@H]1c1ccccc1. The zero-order valence-electron chi connectivity index (χ0n) is 18.9. The minimum absolute atomic E-state index is 0.0537. The molecule has 0 radical (unpaired) electrons. The number of benzene rings is 1. The number of imidazole rings is 1. The maximum absolute atomic E-state index is 13.4. The Hall–Kier alpha value is -3.19. The van der Waals surface area contributed by atoms with Gasteiger partial charge in [0.15, 0.2) is 0 Å². The van der Waals surface area contributed by atoms with Gasteiger partial charge in [-0.2, -0.15) is 0 Å². The summed E-state index contributed by atoms with van der Waals surface area (Å²) in [6.45, 7) is 6.90. The largest absolute Gasteiger partial charge is 0.350 e. The minimum Gasteiger partial charge on any atom is -0.350 e. The average Bonchev–Trinajstić information content (AvgIpc) is 3.27. The summed E-state index contributed by atoms with van der Waals surface area (Å²) in [4.78, 5) is 32.4. The second kappa shape index (κ2) is 8.74. The van der Waals surface area contributed by atoms with Crippen LogP contribution < -0.4 is 11.1 Å². The highest BCUT2D eigenvalue weighted by atomic mass is 16.2. The van der Waals surface area contributed by atoms with Gasteiger partial charge in [-0.25, -0.2) is 4.98 Å². The van der Waals surface area contributed by atoms with Crippen molar-refractivity contribution in [2.45, 2.75) is 45.2 Å². The van der Waals surface area contributed by atoms with Crippen molar-refractivity contribution in [3.63, 3.8) is 0 Å². The number of hydrogen-bond donors (Lipinski definition) is 2. The Bertz CT molecular complexity index is 1100. The average molecular weight is 434 g/mol. The number of amides is 2. The number of likely N-dealkylation sites (tertiary alicyclic amines) is 1. The third-order valence-electron chi connectivity index (χ3n) is 6.35.